The minimum atomic E-state index is -0.712. The van der Waals surface area contributed by atoms with E-state index in [0.717, 1.165) is 11.1 Å². The lowest BCUT2D eigenvalue weighted by atomic mass is 9.64. The SMILES string of the molecule is C=C(NC1C2=C3CC3=C21)C1C(C(C)C)=C=C(C2C3=C4C(=C32)C4F)C1C1CCC2=C(CC2)C1. The number of hydrogen-bond acceptors (Lipinski definition) is 1. The van der Waals surface area contributed by atoms with E-state index < -0.39 is 6.17 Å². The highest BCUT2D eigenvalue weighted by molar-refractivity contribution is 5.91. The van der Waals surface area contributed by atoms with Crippen molar-refractivity contribution < 1.29 is 4.39 Å². The number of allylic oxidation sites excluding steroid dienone is 9. The molecule has 3 atom stereocenters. The second kappa shape index (κ2) is 5.10. The predicted molar refractivity (Wildman–Crippen MR) is 123 cm³/mol. The summed E-state index contributed by atoms with van der Waals surface area (Å²) in [7, 11) is 0. The third-order valence-corrected chi connectivity index (χ3v) is 10.1. The van der Waals surface area contributed by atoms with Crippen LogP contribution in [0.4, 0.5) is 4.39 Å². The Bertz CT molecular complexity index is 1310. The van der Waals surface area contributed by atoms with E-state index in [4.69, 9.17) is 0 Å². The van der Waals surface area contributed by atoms with Crippen molar-refractivity contribution in [1.29, 1.82) is 0 Å². The molecule has 0 aliphatic heterocycles. The van der Waals surface area contributed by atoms with Crippen molar-refractivity contribution in [2.45, 2.75) is 64.6 Å². The van der Waals surface area contributed by atoms with Gasteiger partial charge in [-0.3, -0.25) is 0 Å². The zero-order chi connectivity index (χ0) is 21.2. The van der Waals surface area contributed by atoms with Crippen molar-refractivity contribution in [2.24, 2.45) is 29.6 Å². The molecule has 1 nitrogen and oxygen atoms in total. The molecular formula is C30H28FN. The molecule has 0 heterocycles. The third kappa shape index (κ3) is 1.83. The van der Waals surface area contributed by atoms with Crippen LogP contribution in [0.2, 0.25) is 0 Å². The molecule has 0 saturated heterocycles. The van der Waals surface area contributed by atoms with Crippen LogP contribution in [-0.2, 0) is 0 Å². The van der Waals surface area contributed by atoms with E-state index in [9.17, 15) is 4.39 Å². The van der Waals surface area contributed by atoms with Crippen LogP contribution in [0.5, 0.6) is 0 Å². The largest absolute Gasteiger partial charge is 0.377 e. The Morgan fingerprint density at radius 1 is 1.00 bits per heavy atom. The van der Waals surface area contributed by atoms with Crippen molar-refractivity contribution in [3.8, 4) is 0 Å². The van der Waals surface area contributed by atoms with Crippen molar-refractivity contribution in [2.75, 3.05) is 0 Å². The van der Waals surface area contributed by atoms with Crippen LogP contribution in [-0.4, -0.2) is 12.2 Å². The zero-order valence-corrected chi connectivity index (χ0v) is 18.9. The molecule has 0 aromatic rings. The summed E-state index contributed by atoms with van der Waals surface area (Å²) in [6.07, 6.45) is 7.07. The molecule has 32 heavy (non-hydrogen) atoms. The molecule has 3 unspecified atom stereocenters. The lowest BCUT2D eigenvalue weighted by Gasteiger charge is -2.40. The highest BCUT2D eigenvalue weighted by Crippen LogP contribution is 2.75. The first-order valence-electron chi connectivity index (χ1n) is 12.8. The van der Waals surface area contributed by atoms with Crippen molar-refractivity contribution >= 4 is 0 Å². The number of rotatable bonds is 6. The number of nitrogens with one attached hydrogen (secondary N) is 1. The summed E-state index contributed by atoms with van der Waals surface area (Å²) in [4.78, 5) is 0. The smallest absolute Gasteiger partial charge is 0.152 e. The van der Waals surface area contributed by atoms with E-state index in [1.165, 1.54) is 66.5 Å². The molecule has 4 fully saturated rings. The fraction of sp³-hybridized carbons (Fsp3) is 0.500. The van der Waals surface area contributed by atoms with Crippen LogP contribution in [0, 0.1) is 29.6 Å². The number of halogens is 1. The zero-order valence-electron chi connectivity index (χ0n) is 18.9. The summed E-state index contributed by atoms with van der Waals surface area (Å²) in [5.41, 5.74) is 23.0. The number of alkyl halides is 1. The minimum Gasteiger partial charge on any atom is -0.377 e. The van der Waals surface area contributed by atoms with Crippen molar-refractivity contribution in [1.82, 2.24) is 5.32 Å². The Morgan fingerprint density at radius 3 is 2.34 bits per heavy atom. The van der Waals surface area contributed by atoms with Gasteiger partial charge in [-0.05, 0) is 94.9 Å². The summed E-state index contributed by atoms with van der Waals surface area (Å²) < 4.78 is 13.9. The van der Waals surface area contributed by atoms with E-state index >= 15 is 0 Å². The van der Waals surface area contributed by atoms with Crippen LogP contribution in [0.15, 0.2) is 84.9 Å². The second-order valence-electron chi connectivity index (χ2n) is 11.9. The molecule has 4 saturated carbocycles. The summed E-state index contributed by atoms with van der Waals surface area (Å²) >= 11 is 0. The van der Waals surface area contributed by atoms with Gasteiger partial charge in [0.15, 0.2) is 6.17 Å². The molecule has 0 amide bonds. The molecule has 9 aliphatic rings. The summed E-state index contributed by atoms with van der Waals surface area (Å²) in [6.45, 7) is 9.30. The molecule has 0 radical (unpaired) electrons. The average molecular weight is 422 g/mol. The van der Waals surface area contributed by atoms with Gasteiger partial charge in [0.25, 0.3) is 0 Å². The maximum Gasteiger partial charge on any atom is 0.152 e. The van der Waals surface area contributed by atoms with Gasteiger partial charge in [-0.15, -0.1) is 5.73 Å². The quantitative estimate of drug-likeness (QED) is 0.391. The van der Waals surface area contributed by atoms with E-state index in [2.05, 4.69) is 31.5 Å². The molecule has 160 valence electrons. The average Bonchev–Trinajstić information content (AvgIpc) is 3.63. The Kier molecular flexibility index (Phi) is 2.74. The van der Waals surface area contributed by atoms with Gasteiger partial charge in [0, 0.05) is 34.6 Å². The third-order valence-electron chi connectivity index (χ3n) is 10.1. The van der Waals surface area contributed by atoms with E-state index in [0.29, 0.717) is 35.6 Å². The van der Waals surface area contributed by atoms with Crippen LogP contribution >= 0.6 is 0 Å². The molecular weight excluding hydrogens is 393 g/mol. The molecule has 9 aliphatic carbocycles. The van der Waals surface area contributed by atoms with E-state index in [1.807, 2.05) is 0 Å². The topological polar surface area (TPSA) is 12.0 Å². The van der Waals surface area contributed by atoms with Crippen molar-refractivity contribution in [3.63, 3.8) is 0 Å². The Hall–Kier alpha value is -2.31. The first-order chi connectivity index (χ1) is 15.5. The monoisotopic (exact) mass is 421 g/mol. The lowest BCUT2D eigenvalue weighted by molar-refractivity contribution is 0.267. The number of hydrogen-bond donors (Lipinski definition) is 1. The van der Waals surface area contributed by atoms with Crippen LogP contribution in [0.1, 0.15) is 52.4 Å². The Morgan fingerprint density at radius 2 is 1.72 bits per heavy atom. The van der Waals surface area contributed by atoms with Gasteiger partial charge in [0.1, 0.15) is 0 Å². The predicted octanol–water partition coefficient (Wildman–Crippen LogP) is 6.31. The normalized spacial score (nSPS) is 35.4. The van der Waals surface area contributed by atoms with Gasteiger partial charge in [0.2, 0.25) is 0 Å². The lowest BCUT2D eigenvalue weighted by Crippen LogP contribution is -2.34. The van der Waals surface area contributed by atoms with Crippen LogP contribution < -0.4 is 5.32 Å². The summed E-state index contributed by atoms with van der Waals surface area (Å²) in [5, 5.41) is 3.87. The Balaban J connectivity index is 1.09. The Labute approximate surface area is 188 Å². The molecule has 0 aromatic heterocycles. The second-order valence-corrected chi connectivity index (χ2v) is 11.9. The van der Waals surface area contributed by atoms with Gasteiger partial charge in [-0.1, -0.05) is 31.6 Å². The minimum absolute atomic E-state index is 0.346. The van der Waals surface area contributed by atoms with Gasteiger partial charge < -0.3 is 5.32 Å². The maximum atomic E-state index is 13.9. The first-order valence-corrected chi connectivity index (χ1v) is 12.8. The summed E-state index contributed by atoms with van der Waals surface area (Å²) in [5.74, 6) is 2.37. The standard InChI is InChI=1S/C30H28FN/c1-11(2)16-9-19(22-25-26(22)28-27(25)29(28)31)21(15-7-5-13-4-6-14(13)8-15)20(16)12(3)32-30-23-17-10-18(17)24(23)30/h11,15,20-22,29-30,32H,3-8,10H2,1-2H3. The van der Waals surface area contributed by atoms with Gasteiger partial charge in [-0.2, -0.15) is 0 Å². The first kappa shape index (κ1) is 17.2. The number of fused-ring (bicyclic) bond motifs is 4. The van der Waals surface area contributed by atoms with Gasteiger partial charge in [-0.25, -0.2) is 4.39 Å². The van der Waals surface area contributed by atoms with Crippen LogP contribution in [0.25, 0.3) is 0 Å². The fourth-order valence-electron chi connectivity index (χ4n) is 8.24. The fourth-order valence-corrected chi connectivity index (χ4v) is 8.24. The molecule has 0 aromatic carbocycles. The van der Waals surface area contributed by atoms with E-state index in [1.54, 1.807) is 33.4 Å². The highest BCUT2D eigenvalue weighted by Gasteiger charge is 2.67. The molecule has 1 N–H and O–H groups in total. The molecule has 2 heteroatoms. The highest BCUT2D eigenvalue weighted by atomic mass is 19.1. The molecule has 0 spiro atoms. The summed E-state index contributed by atoms with van der Waals surface area (Å²) in [6, 6.07) is 0.471. The molecule has 9 rings (SSSR count). The molecule has 0 bridgehead atoms. The van der Waals surface area contributed by atoms with Gasteiger partial charge in [0.05, 0.1) is 6.04 Å². The maximum absolute atomic E-state index is 13.9. The van der Waals surface area contributed by atoms with Crippen LogP contribution in [0.3, 0.4) is 0 Å². The van der Waals surface area contributed by atoms with E-state index in [-0.39, 0.29) is 0 Å². The van der Waals surface area contributed by atoms with Gasteiger partial charge >= 0.3 is 0 Å². The van der Waals surface area contributed by atoms with Crippen molar-refractivity contribution in [3.05, 3.63) is 84.9 Å².